The van der Waals surface area contributed by atoms with Crippen LogP contribution in [0, 0.1) is 11.6 Å². The van der Waals surface area contributed by atoms with Gasteiger partial charge in [-0.3, -0.25) is 0 Å². The van der Waals surface area contributed by atoms with Crippen molar-refractivity contribution in [3.63, 3.8) is 0 Å². The lowest BCUT2D eigenvalue weighted by Gasteiger charge is -2.06. The molecule has 2 aromatic carbocycles. The zero-order valence-electron chi connectivity index (χ0n) is 11.4. The molecule has 1 heterocycles. The summed E-state index contributed by atoms with van der Waals surface area (Å²) in [4.78, 5) is -1.11. The van der Waals surface area contributed by atoms with Crippen LogP contribution in [-0.2, 0) is 10.0 Å². The quantitative estimate of drug-likeness (QED) is 0.791. The van der Waals surface area contributed by atoms with Crippen LogP contribution in [0.2, 0.25) is 0 Å². The monoisotopic (exact) mass is 337 g/mol. The van der Waals surface area contributed by atoms with Crippen molar-refractivity contribution in [2.75, 3.05) is 4.72 Å². The molecule has 0 unspecified atom stereocenters. The second-order valence-electron chi connectivity index (χ2n) is 4.43. The number of benzene rings is 2. The zero-order valence-corrected chi connectivity index (χ0v) is 12.2. The smallest absolute Gasteiger partial charge is 0.330 e. The van der Waals surface area contributed by atoms with E-state index in [0.29, 0.717) is 5.56 Å². The van der Waals surface area contributed by atoms with Gasteiger partial charge in [-0.15, -0.1) is 5.10 Å². The third-order valence-corrected chi connectivity index (χ3v) is 4.23. The predicted molar refractivity (Wildman–Crippen MR) is 76.9 cm³/mol. The largest absolute Gasteiger partial charge is 0.403 e. The normalized spacial score (nSPS) is 11.4. The molecule has 3 aromatic rings. The molecule has 0 radical (unpaired) electrons. The van der Waals surface area contributed by atoms with Crippen molar-refractivity contribution in [2.45, 2.75) is 4.90 Å². The fraction of sp³-hybridized carbons (Fsp3) is 0. The average molecular weight is 337 g/mol. The van der Waals surface area contributed by atoms with Gasteiger partial charge in [-0.25, -0.2) is 21.9 Å². The van der Waals surface area contributed by atoms with Gasteiger partial charge in [0, 0.05) is 5.56 Å². The van der Waals surface area contributed by atoms with Crippen LogP contribution in [-0.4, -0.2) is 18.6 Å². The molecule has 6 nitrogen and oxygen atoms in total. The molecule has 23 heavy (non-hydrogen) atoms. The van der Waals surface area contributed by atoms with Crippen molar-refractivity contribution in [2.24, 2.45) is 0 Å². The minimum atomic E-state index is -4.54. The molecule has 118 valence electrons. The van der Waals surface area contributed by atoms with Gasteiger partial charge >= 0.3 is 6.01 Å². The number of rotatable bonds is 4. The molecule has 0 aliphatic carbocycles. The summed E-state index contributed by atoms with van der Waals surface area (Å²) in [7, 11) is -4.54. The van der Waals surface area contributed by atoms with Crippen molar-refractivity contribution < 1.29 is 21.6 Å². The Morgan fingerprint density at radius 1 is 0.913 bits per heavy atom. The molecule has 3 rings (SSSR count). The number of nitrogens with one attached hydrogen (secondary N) is 1. The Bertz CT molecular complexity index is 923. The van der Waals surface area contributed by atoms with Crippen molar-refractivity contribution in [3.05, 3.63) is 60.2 Å². The molecule has 0 aliphatic rings. The summed E-state index contributed by atoms with van der Waals surface area (Å²) in [5, 5.41) is 7.19. The first-order valence-electron chi connectivity index (χ1n) is 6.33. The SMILES string of the molecule is O=S(=O)(Nc1nnc(-c2ccccc2)o1)c1c(F)cccc1F. The molecule has 0 fully saturated rings. The van der Waals surface area contributed by atoms with Crippen LogP contribution >= 0.6 is 0 Å². The number of halogens is 2. The summed E-state index contributed by atoms with van der Waals surface area (Å²) in [5.41, 5.74) is 0.572. The van der Waals surface area contributed by atoms with E-state index in [2.05, 4.69) is 10.2 Å². The van der Waals surface area contributed by atoms with Gasteiger partial charge in [0.2, 0.25) is 5.89 Å². The highest BCUT2D eigenvalue weighted by atomic mass is 32.2. The second-order valence-corrected chi connectivity index (χ2v) is 6.05. The summed E-state index contributed by atoms with van der Waals surface area (Å²) >= 11 is 0. The Morgan fingerprint density at radius 2 is 1.57 bits per heavy atom. The Balaban J connectivity index is 1.92. The molecule has 0 aliphatic heterocycles. The number of sulfonamides is 1. The van der Waals surface area contributed by atoms with Crippen LogP contribution < -0.4 is 4.72 Å². The van der Waals surface area contributed by atoms with E-state index in [4.69, 9.17) is 4.42 Å². The lowest BCUT2D eigenvalue weighted by molar-refractivity contribution is 0.519. The van der Waals surface area contributed by atoms with E-state index in [0.717, 1.165) is 18.2 Å². The Morgan fingerprint density at radius 3 is 2.22 bits per heavy atom. The van der Waals surface area contributed by atoms with Gasteiger partial charge < -0.3 is 4.42 Å². The fourth-order valence-electron chi connectivity index (χ4n) is 1.87. The van der Waals surface area contributed by atoms with Gasteiger partial charge in [0.05, 0.1) is 0 Å². The molecule has 0 saturated heterocycles. The van der Waals surface area contributed by atoms with Crippen LogP contribution in [0.15, 0.2) is 57.8 Å². The third-order valence-electron chi connectivity index (χ3n) is 2.86. The second kappa shape index (κ2) is 5.76. The van der Waals surface area contributed by atoms with E-state index in [1.54, 1.807) is 30.3 Å². The van der Waals surface area contributed by atoms with Crippen molar-refractivity contribution in [1.29, 1.82) is 0 Å². The maximum Gasteiger partial charge on any atom is 0.330 e. The molecule has 0 spiro atoms. The molecule has 9 heteroatoms. The first-order valence-corrected chi connectivity index (χ1v) is 7.81. The molecule has 1 N–H and O–H groups in total. The molecule has 0 bridgehead atoms. The van der Waals surface area contributed by atoms with Crippen LogP contribution in [0.1, 0.15) is 0 Å². The highest BCUT2D eigenvalue weighted by Crippen LogP contribution is 2.23. The van der Waals surface area contributed by atoms with E-state index in [9.17, 15) is 17.2 Å². The van der Waals surface area contributed by atoms with Gasteiger partial charge in [-0.2, -0.15) is 0 Å². The van der Waals surface area contributed by atoms with Crippen molar-refractivity contribution >= 4 is 16.0 Å². The molecule has 0 saturated carbocycles. The lowest BCUT2D eigenvalue weighted by atomic mass is 10.2. The standard InChI is InChI=1S/C14H9F2N3O3S/c15-10-7-4-8-11(16)12(10)23(20,21)19-14-18-17-13(22-14)9-5-2-1-3-6-9/h1-8H,(H,18,19). The first-order chi connectivity index (χ1) is 11.0. The van der Waals surface area contributed by atoms with Crippen LogP contribution in [0.4, 0.5) is 14.8 Å². The van der Waals surface area contributed by atoms with Gasteiger partial charge in [0.15, 0.2) is 4.90 Å². The van der Waals surface area contributed by atoms with Crippen LogP contribution in [0.25, 0.3) is 11.5 Å². The maximum atomic E-state index is 13.6. The summed E-state index contributed by atoms with van der Waals surface area (Å²) in [5.74, 6) is -2.38. The lowest BCUT2D eigenvalue weighted by Crippen LogP contribution is -2.16. The predicted octanol–water partition coefficient (Wildman–Crippen LogP) is 2.82. The highest BCUT2D eigenvalue weighted by molar-refractivity contribution is 7.92. The molecule has 1 aromatic heterocycles. The number of aromatic nitrogens is 2. The fourth-order valence-corrected chi connectivity index (χ4v) is 2.93. The van der Waals surface area contributed by atoms with Gasteiger partial charge in [-0.05, 0) is 24.3 Å². The molecular weight excluding hydrogens is 328 g/mol. The third kappa shape index (κ3) is 3.04. The molecular formula is C14H9F2N3O3S. The van der Waals surface area contributed by atoms with E-state index in [1.165, 1.54) is 0 Å². The number of hydrogen-bond donors (Lipinski definition) is 1. The Kier molecular flexibility index (Phi) is 3.78. The molecule has 0 atom stereocenters. The highest BCUT2D eigenvalue weighted by Gasteiger charge is 2.26. The maximum absolute atomic E-state index is 13.6. The average Bonchev–Trinajstić information content (AvgIpc) is 2.95. The van der Waals surface area contributed by atoms with Gasteiger partial charge in [-0.1, -0.05) is 29.4 Å². The number of anilines is 1. The number of nitrogens with zero attached hydrogens (tertiary/aromatic N) is 2. The van der Waals surface area contributed by atoms with E-state index in [-0.39, 0.29) is 5.89 Å². The van der Waals surface area contributed by atoms with Crippen LogP contribution in [0.3, 0.4) is 0 Å². The Labute approximate surface area is 129 Å². The summed E-state index contributed by atoms with van der Waals surface area (Å²) in [6.45, 7) is 0. The Hall–Kier alpha value is -2.81. The minimum Gasteiger partial charge on any atom is -0.403 e. The van der Waals surface area contributed by atoms with E-state index < -0.39 is 32.6 Å². The summed E-state index contributed by atoms with van der Waals surface area (Å²) < 4.78 is 58.3. The van der Waals surface area contributed by atoms with Gasteiger partial charge in [0.1, 0.15) is 11.6 Å². The van der Waals surface area contributed by atoms with Gasteiger partial charge in [0.25, 0.3) is 10.0 Å². The van der Waals surface area contributed by atoms with Crippen molar-refractivity contribution in [3.8, 4) is 11.5 Å². The van der Waals surface area contributed by atoms with E-state index >= 15 is 0 Å². The summed E-state index contributed by atoms with van der Waals surface area (Å²) in [6, 6.07) is 10.9. The molecule has 0 amide bonds. The number of hydrogen-bond acceptors (Lipinski definition) is 5. The topological polar surface area (TPSA) is 85.1 Å². The van der Waals surface area contributed by atoms with E-state index in [1.807, 2.05) is 4.72 Å². The minimum absolute atomic E-state index is 0.0669. The first kappa shape index (κ1) is 15.1. The zero-order chi connectivity index (χ0) is 16.4. The summed E-state index contributed by atoms with van der Waals surface area (Å²) in [6.07, 6.45) is 0. The van der Waals surface area contributed by atoms with Crippen molar-refractivity contribution in [1.82, 2.24) is 10.2 Å². The van der Waals surface area contributed by atoms with Crippen LogP contribution in [0.5, 0.6) is 0 Å².